The van der Waals surface area contributed by atoms with Crippen molar-refractivity contribution in [2.24, 2.45) is 5.73 Å². The van der Waals surface area contributed by atoms with Crippen LogP contribution in [0.1, 0.15) is 6.23 Å². The average Bonchev–Trinajstić information content (AvgIpc) is 3.25. The molecule has 0 spiro atoms. The highest BCUT2D eigenvalue weighted by Gasteiger charge is 2.47. The molecule has 1 fully saturated rings. The van der Waals surface area contributed by atoms with E-state index >= 15 is 0 Å². The summed E-state index contributed by atoms with van der Waals surface area (Å²) in [5.74, 6) is -0.271. The van der Waals surface area contributed by atoms with Crippen LogP contribution in [-0.2, 0) is 36.1 Å². The largest absolute Gasteiger partial charge is 0.490 e. The maximum Gasteiger partial charge on any atom is 0.490 e. The number of nitrogens with zero attached hydrogens (tertiary/aromatic N) is 3. The normalized spacial score (nSPS) is 27.9. The smallest absolute Gasteiger partial charge is 0.387 e. The first-order valence-electron chi connectivity index (χ1n) is 9.29. The molecule has 1 aliphatic heterocycles. The van der Waals surface area contributed by atoms with Crippen LogP contribution in [0.3, 0.4) is 0 Å². The molecule has 0 bridgehead atoms. The molecule has 3 heterocycles. The molecule has 35 heavy (non-hydrogen) atoms. The first-order chi connectivity index (χ1) is 16.1. The number of hydrogen-bond acceptors (Lipinski definition) is 15. The second-order valence-electron chi connectivity index (χ2n) is 6.81. The van der Waals surface area contributed by atoms with Crippen molar-refractivity contribution >= 4 is 40.6 Å². The van der Waals surface area contributed by atoms with Crippen molar-refractivity contribution in [3.8, 4) is 0 Å². The number of phosphoric ester groups is 2. The summed E-state index contributed by atoms with van der Waals surface area (Å²) >= 11 is 0. The highest BCUT2D eigenvalue weighted by Crippen LogP contribution is 2.67. The van der Waals surface area contributed by atoms with Gasteiger partial charge < -0.3 is 41.1 Å². The summed E-state index contributed by atoms with van der Waals surface area (Å²) < 4.78 is 58.2. The SMILES string of the molecule is NCCOP(=O)(O)OP(=O)(O)OP(=O)(O)OCC1OC(n2cnc3c(=O)[nH]c(N)nc32)C(O)C1O. The molecule has 2 aromatic rings. The summed E-state index contributed by atoms with van der Waals surface area (Å²) in [5.41, 5.74) is 9.59. The quantitative estimate of drug-likeness (QED) is 0.132. The van der Waals surface area contributed by atoms with E-state index in [9.17, 15) is 43.4 Å². The van der Waals surface area contributed by atoms with E-state index in [1.165, 1.54) is 0 Å². The van der Waals surface area contributed by atoms with Gasteiger partial charge in [0.15, 0.2) is 17.4 Å². The Bertz CT molecular complexity index is 1270. The highest BCUT2D eigenvalue weighted by atomic mass is 31.3. The lowest BCUT2D eigenvalue weighted by Gasteiger charge is -2.20. The molecule has 3 rings (SSSR count). The molecule has 10 N–H and O–H groups in total. The molecule has 7 atom stereocenters. The number of aliphatic hydroxyl groups excluding tert-OH is 2. The number of anilines is 1. The fourth-order valence-electron chi connectivity index (χ4n) is 2.88. The number of nitrogen functional groups attached to an aromatic ring is 1. The number of nitrogens with two attached hydrogens (primary N) is 2. The van der Waals surface area contributed by atoms with E-state index < -0.39 is 66.8 Å². The zero-order chi connectivity index (χ0) is 26.2. The molecule has 2 aromatic heterocycles. The van der Waals surface area contributed by atoms with E-state index in [2.05, 4.69) is 32.6 Å². The molecule has 0 radical (unpaired) electrons. The van der Waals surface area contributed by atoms with Crippen molar-refractivity contribution in [3.63, 3.8) is 0 Å². The summed E-state index contributed by atoms with van der Waals surface area (Å²) in [6.45, 7) is -1.80. The van der Waals surface area contributed by atoms with Crippen LogP contribution in [0.5, 0.6) is 0 Å². The van der Waals surface area contributed by atoms with Gasteiger partial charge in [-0.25, -0.2) is 18.7 Å². The van der Waals surface area contributed by atoms with Gasteiger partial charge in [-0.1, -0.05) is 0 Å². The zero-order valence-corrected chi connectivity index (χ0v) is 19.9. The molecule has 1 aliphatic rings. The van der Waals surface area contributed by atoms with Gasteiger partial charge in [-0.2, -0.15) is 13.6 Å². The number of imidazole rings is 1. The van der Waals surface area contributed by atoms with Crippen LogP contribution in [0.2, 0.25) is 0 Å². The summed E-state index contributed by atoms with van der Waals surface area (Å²) in [6.07, 6.45) is -5.30. The van der Waals surface area contributed by atoms with E-state index in [0.29, 0.717) is 0 Å². The minimum Gasteiger partial charge on any atom is -0.387 e. The van der Waals surface area contributed by atoms with Crippen molar-refractivity contribution < 1.29 is 61.0 Å². The lowest BCUT2D eigenvalue weighted by Crippen LogP contribution is -2.33. The molecular formula is C12H21N6O14P3. The number of aromatic amines is 1. The summed E-state index contributed by atoms with van der Waals surface area (Å²) in [7, 11) is -16.4. The standard InChI is InChI=1S/C12H21N6O14P3/c13-1-2-28-33(22,23)31-35(26,27)32-34(24,25)29-3-5-7(19)8(20)11(30-5)18-4-15-6-9(18)16-12(14)17-10(6)21/h4-5,7-8,11,19-20H,1-3,13H2,(H,22,23)(H,24,25)(H,26,27)(H3,14,16,17,21). The molecule has 198 valence electrons. The van der Waals surface area contributed by atoms with Crippen LogP contribution in [0.25, 0.3) is 11.2 Å². The Morgan fingerprint density at radius 3 is 2.34 bits per heavy atom. The topological polar surface area (TPSA) is 314 Å². The maximum atomic E-state index is 12.0. The average molecular weight is 566 g/mol. The Hall–Kier alpha value is -1.60. The third-order valence-electron chi connectivity index (χ3n) is 4.25. The Balaban J connectivity index is 1.67. The van der Waals surface area contributed by atoms with Crippen LogP contribution in [0.4, 0.5) is 5.95 Å². The van der Waals surface area contributed by atoms with Crippen molar-refractivity contribution in [2.75, 3.05) is 25.5 Å². The minimum absolute atomic E-state index is 0.108. The number of fused-ring (bicyclic) bond motifs is 1. The molecule has 0 aliphatic carbocycles. The van der Waals surface area contributed by atoms with E-state index in [0.717, 1.165) is 10.9 Å². The fraction of sp³-hybridized carbons (Fsp3) is 0.583. The van der Waals surface area contributed by atoms with E-state index in [1.54, 1.807) is 0 Å². The van der Waals surface area contributed by atoms with Crippen molar-refractivity contribution in [3.05, 3.63) is 16.7 Å². The number of ether oxygens (including phenoxy) is 1. The van der Waals surface area contributed by atoms with Gasteiger partial charge in [0.1, 0.15) is 18.3 Å². The Morgan fingerprint density at radius 2 is 1.71 bits per heavy atom. The second kappa shape index (κ2) is 10.4. The van der Waals surface area contributed by atoms with Crippen LogP contribution >= 0.6 is 23.5 Å². The number of rotatable bonds is 11. The van der Waals surface area contributed by atoms with Crippen LogP contribution < -0.4 is 17.0 Å². The van der Waals surface area contributed by atoms with Gasteiger partial charge in [0, 0.05) is 6.54 Å². The Kier molecular flexibility index (Phi) is 8.32. The van der Waals surface area contributed by atoms with Gasteiger partial charge in [0.25, 0.3) is 5.56 Å². The van der Waals surface area contributed by atoms with Gasteiger partial charge in [-0.05, 0) is 0 Å². The van der Waals surface area contributed by atoms with Gasteiger partial charge in [-0.3, -0.25) is 23.4 Å². The molecule has 1 saturated heterocycles. The second-order valence-corrected chi connectivity index (χ2v) is 11.4. The number of nitrogens with one attached hydrogen (secondary N) is 1. The minimum atomic E-state index is -5.69. The third kappa shape index (κ3) is 6.79. The zero-order valence-electron chi connectivity index (χ0n) is 17.3. The van der Waals surface area contributed by atoms with Crippen molar-refractivity contribution in [1.82, 2.24) is 19.5 Å². The highest BCUT2D eigenvalue weighted by molar-refractivity contribution is 7.66. The lowest BCUT2D eigenvalue weighted by atomic mass is 10.1. The summed E-state index contributed by atoms with van der Waals surface area (Å²) in [5, 5.41) is 20.6. The Labute approximate surface area is 194 Å². The predicted octanol–water partition coefficient (Wildman–Crippen LogP) is -2.35. The molecule has 7 unspecified atom stereocenters. The van der Waals surface area contributed by atoms with E-state index in [1.807, 2.05) is 0 Å². The van der Waals surface area contributed by atoms with Crippen LogP contribution in [-0.4, -0.2) is 82.5 Å². The fourth-order valence-corrected chi connectivity index (χ4v) is 6.41. The molecule has 0 aromatic carbocycles. The van der Waals surface area contributed by atoms with Crippen LogP contribution in [0.15, 0.2) is 11.1 Å². The van der Waals surface area contributed by atoms with E-state index in [-0.39, 0.29) is 23.7 Å². The number of aliphatic hydroxyl groups is 2. The molecule has 20 nitrogen and oxygen atoms in total. The lowest BCUT2D eigenvalue weighted by molar-refractivity contribution is -0.0503. The number of hydrogen-bond donors (Lipinski definition) is 8. The summed E-state index contributed by atoms with van der Waals surface area (Å²) in [4.78, 5) is 50.2. The van der Waals surface area contributed by atoms with Crippen LogP contribution in [0, 0.1) is 0 Å². The molecular weight excluding hydrogens is 545 g/mol. The van der Waals surface area contributed by atoms with Gasteiger partial charge in [0.2, 0.25) is 5.95 Å². The number of phosphoric acid groups is 3. The van der Waals surface area contributed by atoms with Crippen molar-refractivity contribution in [1.29, 1.82) is 0 Å². The maximum absolute atomic E-state index is 12.0. The van der Waals surface area contributed by atoms with Gasteiger partial charge in [-0.15, -0.1) is 0 Å². The monoisotopic (exact) mass is 566 g/mol. The summed E-state index contributed by atoms with van der Waals surface area (Å²) in [6, 6.07) is 0. The first kappa shape index (κ1) is 28.0. The third-order valence-corrected chi connectivity index (χ3v) is 8.53. The Morgan fingerprint density at radius 1 is 1.09 bits per heavy atom. The van der Waals surface area contributed by atoms with E-state index in [4.69, 9.17) is 16.2 Å². The predicted molar refractivity (Wildman–Crippen MR) is 111 cm³/mol. The van der Waals surface area contributed by atoms with Gasteiger partial charge >= 0.3 is 23.5 Å². The van der Waals surface area contributed by atoms with Gasteiger partial charge in [0.05, 0.1) is 19.5 Å². The molecule has 0 saturated carbocycles. The molecule has 23 heteroatoms. The number of aromatic nitrogens is 4. The molecule has 0 amide bonds. The number of H-pyrrole nitrogens is 1. The van der Waals surface area contributed by atoms with Crippen molar-refractivity contribution in [2.45, 2.75) is 24.5 Å². The first-order valence-corrected chi connectivity index (χ1v) is 13.8.